The van der Waals surface area contributed by atoms with E-state index in [1.165, 1.54) is 25.3 Å². The van der Waals surface area contributed by atoms with Crippen molar-refractivity contribution in [1.29, 1.82) is 0 Å². The summed E-state index contributed by atoms with van der Waals surface area (Å²) in [6.45, 7) is 0. The molecule has 1 aliphatic carbocycles. The minimum absolute atomic E-state index is 0. The molecular formula is C12H15ClF3NO2. The molecule has 1 atom stereocenters. The van der Waals surface area contributed by atoms with E-state index in [1.54, 1.807) is 0 Å². The molecule has 19 heavy (non-hydrogen) atoms. The van der Waals surface area contributed by atoms with Crippen LogP contribution in [0.15, 0.2) is 18.2 Å². The number of halogens is 4. The SMILES string of the molecule is COc1cc(OC(F)(F)F)ccc1[C@H](N)C1CC1.Cl. The molecule has 0 amide bonds. The Hall–Kier alpha value is -1.14. The highest BCUT2D eigenvalue weighted by molar-refractivity contribution is 5.85. The monoisotopic (exact) mass is 297 g/mol. The van der Waals surface area contributed by atoms with E-state index < -0.39 is 6.36 Å². The van der Waals surface area contributed by atoms with E-state index >= 15 is 0 Å². The zero-order chi connectivity index (χ0) is 13.3. The van der Waals surface area contributed by atoms with E-state index in [1.807, 2.05) is 0 Å². The lowest BCUT2D eigenvalue weighted by Crippen LogP contribution is -2.18. The van der Waals surface area contributed by atoms with Crippen LogP contribution < -0.4 is 15.2 Å². The molecule has 0 aliphatic heterocycles. The Morgan fingerprint density at radius 2 is 1.95 bits per heavy atom. The van der Waals surface area contributed by atoms with Crippen molar-refractivity contribution in [2.75, 3.05) is 7.11 Å². The van der Waals surface area contributed by atoms with Gasteiger partial charge in [0.25, 0.3) is 0 Å². The second-order valence-corrected chi connectivity index (χ2v) is 4.31. The molecule has 2 N–H and O–H groups in total. The third-order valence-corrected chi connectivity index (χ3v) is 2.93. The highest BCUT2D eigenvalue weighted by atomic mass is 35.5. The second-order valence-electron chi connectivity index (χ2n) is 4.31. The van der Waals surface area contributed by atoms with Crippen molar-refractivity contribution in [3.63, 3.8) is 0 Å². The highest BCUT2D eigenvalue weighted by Gasteiger charge is 2.33. The number of alkyl halides is 3. The van der Waals surface area contributed by atoms with Gasteiger partial charge in [0.05, 0.1) is 7.11 Å². The van der Waals surface area contributed by atoms with Crippen LogP contribution in [0.1, 0.15) is 24.4 Å². The number of rotatable bonds is 4. The summed E-state index contributed by atoms with van der Waals surface area (Å²) in [5.74, 6) is 0.426. The molecule has 0 spiro atoms. The smallest absolute Gasteiger partial charge is 0.496 e. The molecule has 108 valence electrons. The van der Waals surface area contributed by atoms with Crippen LogP contribution in [0.4, 0.5) is 13.2 Å². The lowest BCUT2D eigenvalue weighted by Gasteiger charge is -2.17. The molecule has 7 heteroatoms. The van der Waals surface area contributed by atoms with Crippen LogP contribution in [-0.2, 0) is 0 Å². The fourth-order valence-electron chi connectivity index (χ4n) is 1.87. The fraction of sp³-hybridized carbons (Fsp3) is 0.500. The first-order chi connectivity index (χ1) is 8.40. The predicted molar refractivity (Wildman–Crippen MR) is 66.6 cm³/mol. The summed E-state index contributed by atoms with van der Waals surface area (Å²) in [5.41, 5.74) is 6.73. The predicted octanol–water partition coefficient (Wildman–Crippen LogP) is 3.43. The summed E-state index contributed by atoms with van der Waals surface area (Å²) in [6.07, 6.45) is -2.61. The lowest BCUT2D eigenvalue weighted by atomic mass is 10.0. The summed E-state index contributed by atoms with van der Waals surface area (Å²) in [6, 6.07) is 3.81. The Morgan fingerprint density at radius 3 is 2.42 bits per heavy atom. The van der Waals surface area contributed by atoms with Gasteiger partial charge in [-0.3, -0.25) is 0 Å². The van der Waals surface area contributed by atoms with Crippen molar-refractivity contribution in [2.45, 2.75) is 25.2 Å². The largest absolute Gasteiger partial charge is 0.573 e. The lowest BCUT2D eigenvalue weighted by molar-refractivity contribution is -0.274. The fourth-order valence-corrected chi connectivity index (χ4v) is 1.87. The maximum atomic E-state index is 12.1. The average Bonchev–Trinajstić information content (AvgIpc) is 3.09. The van der Waals surface area contributed by atoms with Crippen LogP contribution in [0.3, 0.4) is 0 Å². The van der Waals surface area contributed by atoms with Crippen molar-refractivity contribution < 1.29 is 22.6 Å². The molecule has 0 unspecified atom stereocenters. The Morgan fingerprint density at radius 1 is 1.32 bits per heavy atom. The van der Waals surface area contributed by atoms with Crippen LogP contribution in [0.5, 0.6) is 11.5 Å². The van der Waals surface area contributed by atoms with Gasteiger partial charge in [0, 0.05) is 17.7 Å². The van der Waals surface area contributed by atoms with Crippen LogP contribution in [0.25, 0.3) is 0 Å². The van der Waals surface area contributed by atoms with Crippen molar-refractivity contribution in [1.82, 2.24) is 0 Å². The summed E-state index contributed by atoms with van der Waals surface area (Å²) in [4.78, 5) is 0. The first-order valence-corrected chi connectivity index (χ1v) is 5.60. The van der Waals surface area contributed by atoms with Gasteiger partial charge in [0.15, 0.2) is 0 Å². The number of hydrogen-bond donors (Lipinski definition) is 1. The van der Waals surface area contributed by atoms with Crippen LogP contribution in [0, 0.1) is 5.92 Å². The number of methoxy groups -OCH3 is 1. The molecule has 1 aromatic rings. The molecule has 0 aromatic heterocycles. The summed E-state index contributed by atoms with van der Waals surface area (Å²) in [5, 5.41) is 0. The number of benzene rings is 1. The van der Waals surface area contributed by atoms with Crippen molar-refractivity contribution in [3.8, 4) is 11.5 Å². The Balaban J connectivity index is 0.00000180. The van der Waals surface area contributed by atoms with E-state index in [9.17, 15) is 13.2 Å². The van der Waals surface area contributed by atoms with Crippen LogP contribution in [0.2, 0.25) is 0 Å². The molecule has 3 nitrogen and oxygen atoms in total. The second kappa shape index (κ2) is 5.88. The van der Waals surface area contributed by atoms with Gasteiger partial charge < -0.3 is 15.2 Å². The quantitative estimate of drug-likeness (QED) is 0.926. The highest BCUT2D eigenvalue weighted by Crippen LogP contribution is 2.43. The summed E-state index contributed by atoms with van der Waals surface area (Å²) < 4.78 is 45.2. The normalized spacial score (nSPS) is 16.5. The van der Waals surface area contributed by atoms with E-state index in [-0.39, 0.29) is 24.2 Å². The number of hydrogen-bond acceptors (Lipinski definition) is 3. The molecule has 0 bridgehead atoms. The van der Waals surface area contributed by atoms with Gasteiger partial charge in [-0.2, -0.15) is 0 Å². The third-order valence-electron chi connectivity index (χ3n) is 2.93. The van der Waals surface area contributed by atoms with Gasteiger partial charge in [-0.25, -0.2) is 0 Å². The van der Waals surface area contributed by atoms with Crippen molar-refractivity contribution >= 4 is 12.4 Å². The molecule has 1 aromatic carbocycles. The topological polar surface area (TPSA) is 44.5 Å². The van der Waals surface area contributed by atoms with Gasteiger partial charge in [0.2, 0.25) is 0 Å². The van der Waals surface area contributed by atoms with Gasteiger partial charge >= 0.3 is 6.36 Å². The molecule has 0 heterocycles. The summed E-state index contributed by atoms with van der Waals surface area (Å²) >= 11 is 0. The Bertz CT molecular complexity index is 435. The molecule has 0 radical (unpaired) electrons. The summed E-state index contributed by atoms with van der Waals surface area (Å²) in [7, 11) is 1.40. The first-order valence-electron chi connectivity index (χ1n) is 5.60. The Kier molecular flexibility index (Phi) is 4.92. The van der Waals surface area contributed by atoms with Crippen LogP contribution in [-0.4, -0.2) is 13.5 Å². The zero-order valence-electron chi connectivity index (χ0n) is 10.2. The van der Waals surface area contributed by atoms with Gasteiger partial charge in [-0.05, 0) is 24.8 Å². The number of nitrogens with two attached hydrogens (primary N) is 1. The van der Waals surface area contributed by atoms with Gasteiger partial charge in [-0.15, -0.1) is 25.6 Å². The van der Waals surface area contributed by atoms with Gasteiger partial charge in [0.1, 0.15) is 11.5 Å². The molecule has 2 rings (SSSR count). The standard InChI is InChI=1S/C12H14F3NO2.ClH/c1-17-10-6-8(18-12(13,14)15)4-5-9(10)11(16)7-2-3-7;/h4-7,11H,2-3,16H2,1H3;1H/t11-;/m1./s1. The van der Waals surface area contributed by atoms with E-state index in [0.717, 1.165) is 18.4 Å². The minimum atomic E-state index is -4.70. The van der Waals surface area contributed by atoms with Crippen molar-refractivity contribution in [2.24, 2.45) is 11.7 Å². The van der Waals surface area contributed by atoms with E-state index in [0.29, 0.717) is 11.7 Å². The molecular weight excluding hydrogens is 283 g/mol. The van der Waals surface area contributed by atoms with E-state index in [2.05, 4.69) is 4.74 Å². The molecule has 1 saturated carbocycles. The van der Waals surface area contributed by atoms with Crippen LogP contribution >= 0.6 is 12.4 Å². The Labute approximate surface area is 115 Å². The molecule has 0 saturated heterocycles. The number of ether oxygens (including phenoxy) is 2. The molecule has 1 fully saturated rings. The first kappa shape index (κ1) is 15.9. The average molecular weight is 298 g/mol. The minimum Gasteiger partial charge on any atom is -0.496 e. The van der Waals surface area contributed by atoms with Crippen molar-refractivity contribution in [3.05, 3.63) is 23.8 Å². The zero-order valence-corrected chi connectivity index (χ0v) is 11.1. The third kappa shape index (κ3) is 4.18. The van der Waals surface area contributed by atoms with E-state index in [4.69, 9.17) is 10.5 Å². The molecule has 1 aliphatic rings. The van der Waals surface area contributed by atoms with Gasteiger partial charge in [-0.1, -0.05) is 6.07 Å². The maximum absolute atomic E-state index is 12.1. The maximum Gasteiger partial charge on any atom is 0.573 e.